The third kappa shape index (κ3) is 2.99. The summed E-state index contributed by atoms with van der Waals surface area (Å²) in [5, 5.41) is 19.4. The predicted octanol–water partition coefficient (Wildman–Crippen LogP) is -1.90. The third-order valence-corrected chi connectivity index (χ3v) is 3.03. The van der Waals surface area contributed by atoms with Gasteiger partial charge in [-0.15, -0.1) is 0 Å². The van der Waals surface area contributed by atoms with Crippen molar-refractivity contribution >= 4 is 17.6 Å². The topological polar surface area (TPSA) is 142 Å². The van der Waals surface area contributed by atoms with Crippen molar-refractivity contribution in [2.75, 3.05) is 13.2 Å². The van der Waals surface area contributed by atoms with Crippen molar-refractivity contribution in [1.82, 2.24) is 5.32 Å². The first-order valence-corrected chi connectivity index (χ1v) is 5.91. The van der Waals surface area contributed by atoms with Crippen LogP contribution in [0.25, 0.3) is 0 Å². The number of hydrogen-bond donors (Lipinski definition) is 5. The Morgan fingerprint density at radius 1 is 1.63 bits per heavy atom. The monoisotopic (exact) mass is 272 g/mol. The van der Waals surface area contributed by atoms with Crippen molar-refractivity contribution in [3.8, 4) is 0 Å². The van der Waals surface area contributed by atoms with Crippen LogP contribution in [-0.2, 0) is 4.74 Å². The van der Waals surface area contributed by atoms with E-state index in [0.29, 0.717) is 0 Å². The zero-order valence-electron chi connectivity index (χ0n) is 10.2. The number of rotatable bonds is 3. The summed E-state index contributed by atoms with van der Waals surface area (Å²) >= 11 is 0. The van der Waals surface area contributed by atoms with Crippen LogP contribution in [0, 0.1) is 5.41 Å². The third-order valence-electron chi connectivity index (χ3n) is 3.03. The fraction of sp³-hybridized carbons (Fsp3) is 0.700. The Morgan fingerprint density at radius 3 is 2.95 bits per heavy atom. The van der Waals surface area contributed by atoms with Crippen molar-refractivity contribution < 1.29 is 14.2 Å². The molecule has 106 valence electrons. The fourth-order valence-electron chi connectivity index (χ4n) is 2.18. The number of halogens is 1. The molecule has 2 aliphatic heterocycles. The Labute approximate surface area is 109 Å². The Morgan fingerprint density at radius 2 is 2.37 bits per heavy atom. The lowest BCUT2D eigenvalue weighted by Crippen LogP contribution is -2.45. The van der Waals surface area contributed by atoms with Gasteiger partial charge in [-0.25, -0.2) is 4.39 Å². The maximum atomic E-state index is 13.8. The molecule has 2 heterocycles. The van der Waals surface area contributed by atoms with E-state index in [9.17, 15) is 4.39 Å². The molecule has 0 aliphatic carbocycles. The van der Waals surface area contributed by atoms with Gasteiger partial charge in [0.25, 0.3) is 0 Å². The van der Waals surface area contributed by atoms with Gasteiger partial charge in [-0.05, 0) is 0 Å². The zero-order chi connectivity index (χ0) is 14.0. The van der Waals surface area contributed by atoms with E-state index in [2.05, 4.69) is 15.3 Å². The lowest BCUT2D eigenvalue weighted by atomic mass is 10.1. The largest absolute Gasteiger partial charge is 0.394 e. The zero-order valence-corrected chi connectivity index (χ0v) is 10.2. The van der Waals surface area contributed by atoms with E-state index in [1.165, 1.54) is 0 Å². The summed E-state index contributed by atoms with van der Waals surface area (Å²) < 4.78 is 19.2. The van der Waals surface area contributed by atoms with Crippen molar-refractivity contribution in [3.05, 3.63) is 0 Å². The number of guanidine groups is 1. The van der Waals surface area contributed by atoms with E-state index in [0.717, 1.165) is 0 Å². The minimum absolute atomic E-state index is 0.167. The van der Waals surface area contributed by atoms with Gasteiger partial charge in [0.15, 0.2) is 17.6 Å². The molecule has 0 aromatic carbocycles. The first kappa shape index (κ1) is 13.7. The summed E-state index contributed by atoms with van der Waals surface area (Å²) in [4.78, 5) is 7.61. The van der Waals surface area contributed by atoms with Crippen LogP contribution in [0.15, 0.2) is 9.98 Å². The molecule has 0 bridgehead atoms. The molecular formula is C10H17FN6O2. The summed E-state index contributed by atoms with van der Waals surface area (Å²) in [6.45, 7) is 0.0715. The van der Waals surface area contributed by atoms with Crippen LogP contribution >= 0.6 is 0 Å². The lowest BCUT2D eigenvalue weighted by molar-refractivity contribution is -0.0104. The van der Waals surface area contributed by atoms with Gasteiger partial charge >= 0.3 is 0 Å². The van der Waals surface area contributed by atoms with Gasteiger partial charge in [-0.1, -0.05) is 0 Å². The molecule has 4 atom stereocenters. The van der Waals surface area contributed by atoms with Crippen LogP contribution in [0.5, 0.6) is 0 Å². The average molecular weight is 272 g/mol. The number of aliphatic imine (C=N–C) groups is 2. The van der Waals surface area contributed by atoms with E-state index in [1.54, 1.807) is 0 Å². The lowest BCUT2D eigenvalue weighted by Gasteiger charge is -2.20. The van der Waals surface area contributed by atoms with Crippen molar-refractivity contribution in [1.29, 1.82) is 5.41 Å². The van der Waals surface area contributed by atoms with Gasteiger partial charge in [0.2, 0.25) is 0 Å². The molecule has 9 heteroatoms. The molecule has 0 aromatic heterocycles. The molecule has 1 fully saturated rings. The van der Waals surface area contributed by atoms with Gasteiger partial charge < -0.3 is 26.6 Å². The fourth-order valence-corrected chi connectivity index (χ4v) is 2.18. The van der Waals surface area contributed by atoms with Crippen molar-refractivity contribution in [2.45, 2.75) is 30.8 Å². The summed E-state index contributed by atoms with van der Waals surface area (Å²) in [5.41, 5.74) is 10.3. The molecule has 0 amide bonds. The first-order valence-electron chi connectivity index (χ1n) is 5.91. The Bertz CT molecular complexity index is 422. The standard InChI is InChI=1S/C10H17FN6O2/c11-5-1-4(3-18)19-7(5)6-2-15-9(16-6)8(12)17-10(13)14/h4-7,18H,1-3H2,(H,15,16)(H5,12,13,14,17)/t4-,5+,6?,7+/m0/s1. The van der Waals surface area contributed by atoms with Crippen LogP contribution in [-0.4, -0.2) is 60.3 Å². The quantitative estimate of drug-likeness (QED) is 0.301. The molecule has 8 nitrogen and oxygen atoms in total. The van der Waals surface area contributed by atoms with Gasteiger partial charge in [-0.2, -0.15) is 4.99 Å². The predicted molar refractivity (Wildman–Crippen MR) is 68.0 cm³/mol. The molecular weight excluding hydrogens is 255 g/mol. The normalized spacial score (nSPS) is 33.7. The van der Waals surface area contributed by atoms with Gasteiger partial charge in [-0.3, -0.25) is 10.4 Å². The molecule has 0 radical (unpaired) electrons. The molecule has 2 rings (SSSR count). The number of nitrogens with zero attached hydrogens (tertiary/aromatic N) is 2. The van der Waals surface area contributed by atoms with Crippen LogP contribution in [0.3, 0.4) is 0 Å². The first-order chi connectivity index (χ1) is 9.01. The van der Waals surface area contributed by atoms with Crippen LogP contribution < -0.4 is 16.8 Å². The highest BCUT2D eigenvalue weighted by Gasteiger charge is 2.42. The van der Waals surface area contributed by atoms with Crippen molar-refractivity contribution in [2.24, 2.45) is 21.5 Å². The number of alkyl halides is 1. The minimum Gasteiger partial charge on any atom is -0.394 e. The highest BCUT2D eigenvalue weighted by Crippen LogP contribution is 2.26. The summed E-state index contributed by atoms with van der Waals surface area (Å²) in [7, 11) is 0. The van der Waals surface area contributed by atoms with E-state index in [1.807, 2.05) is 0 Å². The molecule has 1 unspecified atom stereocenters. The molecule has 2 aliphatic rings. The second-order valence-electron chi connectivity index (χ2n) is 4.48. The molecule has 19 heavy (non-hydrogen) atoms. The molecule has 0 aromatic rings. The van der Waals surface area contributed by atoms with Crippen LogP contribution in [0.2, 0.25) is 0 Å². The summed E-state index contributed by atoms with van der Waals surface area (Å²) in [5.74, 6) is -0.227. The van der Waals surface area contributed by atoms with E-state index >= 15 is 0 Å². The number of amidine groups is 2. The SMILES string of the molecule is N=C(N=C(N)N)C1=NCC([C@@H]2O[C@H](CO)C[C@H]2F)N1. The van der Waals surface area contributed by atoms with Gasteiger partial charge in [0.05, 0.1) is 25.3 Å². The average Bonchev–Trinajstić information content (AvgIpc) is 2.94. The molecule has 0 spiro atoms. The molecule has 7 N–H and O–H groups in total. The number of aliphatic hydroxyl groups is 1. The van der Waals surface area contributed by atoms with E-state index in [-0.39, 0.29) is 43.2 Å². The number of nitrogens with two attached hydrogens (primary N) is 2. The number of hydrogen-bond acceptors (Lipinski definition) is 5. The Balaban J connectivity index is 1.94. The minimum atomic E-state index is -1.17. The van der Waals surface area contributed by atoms with E-state index in [4.69, 9.17) is 26.7 Å². The summed E-state index contributed by atoms with van der Waals surface area (Å²) in [6, 6.07) is -0.379. The van der Waals surface area contributed by atoms with Crippen LogP contribution in [0.1, 0.15) is 6.42 Å². The highest BCUT2D eigenvalue weighted by atomic mass is 19.1. The van der Waals surface area contributed by atoms with E-state index < -0.39 is 18.4 Å². The Kier molecular flexibility index (Phi) is 3.96. The molecule has 0 saturated carbocycles. The second kappa shape index (κ2) is 5.49. The highest BCUT2D eigenvalue weighted by molar-refractivity contribution is 6.41. The van der Waals surface area contributed by atoms with Gasteiger partial charge in [0, 0.05) is 6.42 Å². The molecule has 1 saturated heterocycles. The second-order valence-corrected chi connectivity index (χ2v) is 4.48. The van der Waals surface area contributed by atoms with Gasteiger partial charge in [0.1, 0.15) is 12.3 Å². The maximum Gasteiger partial charge on any atom is 0.192 e. The number of ether oxygens (including phenoxy) is 1. The smallest absolute Gasteiger partial charge is 0.192 e. The van der Waals surface area contributed by atoms with Crippen LogP contribution in [0.4, 0.5) is 4.39 Å². The maximum absolute atomic E-state index is 13.8. The summed E-state index contributed by atoms with van der Waals surface area (Å²) in [6.07, 6.45) is -2.17. The van der Waals surface area contributed by atoms with Crippen molar-refractivity contribution in [3.63, 3.8) is 0 Å². The number of nitrogens with one attached hydrogen (secondary N) is 2. The number of aliphatic hydroxyl groups excluding tert-OH is 1. The Hall–Kier alpha value is -1.74.